The Bertz CT molecular complexity index is 286. The number of alkyl halides is 1. The number of aromatic nitrogens is 3. The second kappa shape index (κ2) is 6.23. The average Bonchev–Trinajstić information content (AvgIpc) is 2.60. The molecule has 0 saturated carbocycles. The van der Waals surface area contributed by atoms with Crippen LogP contribution in [0.5, 0.6) is 0 Å². The molecule has 0 aliphatic carbocycles. The summed E-state index contributed by atoms with van der Waals surface area (Å²) >= 11 is 3.45. The predicted molar refractivity (Wildman–Crippen MR) is 63.0 cm³/mol. The van der Waals surface area contributed by atoms with Crippen molar-refractivity contribution in [2.45, 2.75) is 32.1 Å². The van der Waals surface area contributed by atoms with Crippen LogP contribution in [-0.2, 0) is 11.3 Å². The van der Waals surface area contributed by atoms with Crippen LogP contribution in [0.2, 0.25) is 0 Å². The number of halogens is 1. The zero-order chi connectivity index (χ0) is 11.3. The minimum atomic E-state index is 0.253. The average molecular weight is 276 g/mol. The fourth-order valence-corrected chi connectivity index (χ4v) is 1.29. The molecule has 0 aliphatic heterocycles. The minimum absolute atomic E-state index is 0.253. The third kappa shape index (κ3) is 4.75. The molecule has 0 radical (unpaired) electrons. The molecular weight excluding hydrogens is 258 g/mol. The maximum atomic E-state index is 5.47. The van der Waals surface area contributed by atoms with Crippen LogP contribution in [0.3, 0.4) is 0 Å². The van der Waals surface area contributed by atoms with Gasteiger partial charge < -0.3 is 4.74 Å². The summed E-state index contributed by atoms with van der Waals surface area (Å²) in [5.41, 5.74) is 0.957. The van der Waals surface area contributed by atoms with Gasteiger partial charge in [0.05, 0.1) is 23.7 Å². The van der Waals surface area contributed by atoms with Crippen molar-refractivity contribution in [3.05, 3.63) is 11.9 Å². The lowest BCUT2D eigenvalue weighted by molar-refractivity contribution is 0.101. The molecule has 1 heterocycles. The maximum Gasteiger partial charge on any atom is 0.0960 e. The zero-order valence-corrected chi connectivity index (χ0v) is 11.1. The highest BCUT2D eigenvalue weighted by Gasteiger charge is 2.05. The van der Waals surface area contributed by atoms with E-state index in [1.165, 1.54) is 0 Å². The van der Waals surface area contributed by atoms with Gasteiger partial charge in [0.25, 0.3) is 0 Å². The summed E-state index contributed by atoms with van der Waals surface area (Å²) in [6.45, 7) is 8.57. The summed E-state index contributed by atoms with van der Waals surface area (Å²) in [5, 5.41) is 8.05. The molecule has 1 aromatic heterocycles. The van der Waals surface area contributed by atoms with Crippen LogP contribution in [0.15, 0.2) is 6.20 Å². The first-order valence-corrected chi connectivity index (χ1v) is 6.13. The van der Waals surface area contributed by atoms with E-state index in [0.29, 0.717) is 12.5 Å². The minimum Gasteiger partial charge on any atom is -0.379 e. The molecule has 0 amide bonds. The molecule has 0 aliphatic rings. The van der Waals surface area contributed by atoms with E-state index in [1.807, 2.05) is 17.8 Å². The van der Waals surface area contributed by atoms with Crippen molar-refractivity contribution in [1.82, 2.24) is 15.0 Å². The zero-order valence-electron chi connectivity index (χ0n) is 9.48. The number of hydrogen-bond acceptors (Lipinski definition) is 3. The Kier molecular flexibility index (Phi) is 5.25. The molecule has 1 atom stereocenters. The molecule has 1 rings (SSSR count). The Balaban J connectivity index is 2.26. The van der Waals surface area contributed by atoms with Gasteiger partial charge in [-0.05, 0) is 12.8 Å². The molecule has 86 valence electrons. The van der Waals surface area contributed by atoms with E-state index in [-0.39, 0.29) is 4.83 Å². The van der Waals surface area contributed by atoms with E-state index in [1.54, 1.807) is 0 Å². The molecule has 0 spiro atoms. The second-order valence-corrected chi connectivity index (χ2v) is 5.36. The molecular formula is C10H18BrN3O. The van der Waals surface area contributed by atoms with Crippen molar-refractivity contribution < 1.29 is 4.74 Å². The number of nitrogens with zero attached hydrogens (tertiary/aromatic N) is 3. The molecule has 5 heteroatoms. The van der Waals surface area contributed by atoms with Crippen LogP contribution in [0.4, 0.5) is 0 Å². The van der Waals surface area contributed by atoms with Gasteiger partial charge >= 0.3 is 0 Å². The van der Waals surface area contributed by atoms with Crippen molar-refractivity contribution in [2.24, 2.45) is 5.92 Å². The first-order valence-electron chi connectivity index (χ1n) is 5.21. The molecule has 1 aromatic rings. The Morgan fingerprint density at radius 1 is 1.47 bits per heavy atom. The Morgan fingerprint density at radius 3 is 2.73 bits per heavy atom. The molecule has 0 saturated heterocycles. The van der Waals surface area contributed by atoms with Crippen molar-refractivity contribution in [3.63, 3.8) is 0 Å². The predicted octanol–water partition coefficient (Wildman–Crippen LogP) is 2.41. The quantitative estimate of drug-likeness (QED) is 0.591. The fraction of sp³-hybridized carbons (Fsp3) is 0.800. The summed E-state index contributed by atoms with van der Waals surface area (Å²) in [6.07, 6.45) is 1.94. The molecule has 0 bridgehead atoms. The van der Waals surface area contributed by atoms with Crippen molar-refractivity contribution in [1.29, 1.82) is 0 Å². The smallest absolute Gasteiger partial charge is 0.0960 e. The van der Waals surface area contributed by atoms with Crippen molar-refractivity contribution >= 4 is 15.9 Å². The lowest BCUT2D eigenvalue weighted by Gasteiger charge is -2.05. The van der Waals surface area contributed by atoms with E-state index >= 15 is 0 Å². The highest BCUT2D eigenvalue weighted by molar-refractivity contribution is 9.09. The van der Waals surface area contributed by atoms with Crippen LogP contribution in [0.1, 0.15) is 31.3 Å². The maximum absolute atomic E-state index is 5.47. The highest BCUT2D eigenvalue weighted by Crippen LogP contribution is 2.17. The summed E-state index contributed by atoms with van der Waals surface area (Å²) in [7, 11) is 0. The Hall–Kier alpha value is -0.420. The third-order valence-corrected chi connectivity index (χ3v) is 2.35. The van der Waals surface area contributed by atoms with Gasteiger partial charge in [-0.1, -0.05) is 35.0 Å². The van der Waals surface area contributed by atoms with Gasteiger partial charge in [-0.2, -0.15) is 0 Å². The van der Waals surface area contributed by atoms with Gasteiger partial charge in [0.2, 0.25) is 0 Å². The number of rotatable bonds is 6. The van der Waals surface area contributed by atoms with Gasteiger partial charge in [-0.3, -0.25) is 0 Å². The normalized spacial score (nSPS) is 13.4. The lowest BCUT2D eigenvalue weighted by atomic mass is 10.2. The first kappa shape index (κ1) is 12.6. The van der Waals surface area contributed by atoms with Crippen molar-refractivity contribution in [3.8, 4) is 0 Å². The van der Waals surface area contributed by atoms with Crippen LogP contribution >= 0.6 is 15.9 Å². The summed E-state index contributed by atoms with van der Waals surface area (Å²) in [6, 6.07) is 0. The number of ether oxygens (including phenoxy) is 1. The van der Waals surface area contributed by atoms with Crippen LogP contribution < -0.4 is 0 Å². The Labute approximate surface area is 99.1 Å². The van der Waals surface area contributed by atoms with Crippen LogP contribution in [-0.4, -0.2) is 28.2 Å². The fourth-order valence-electron chi connectivity index (χ4n) is 1.08. The van der Waals surface area contributed by atoms with Crippen LogP contribution in [0.25, 0.3) is 0 Å². The standard InChI is InChI=1S/C10H18BrN3O/c1-8(2)7-15-5-4-14-6-10(9(3)11)12-13-14/h6,8-9H,4-5,7H2,1-3H3. The van der Waals surface area contributed by atoms with E-state index < -0.39 is 0 Å². The second-order valence-electron chi connectivity index (χ2n) is 3.99. The monoisotopic (exact) mass is 275 g/mol. The molecule has 0 aromatic carbocycles. The van der Waals surface area contributed by atoms with Gasteiger partial charge in [0, 0.05) is 12.8 Å². The van der Waals surface area contributed by atoms with E-state index in [2.05, 4.69) is 40.1 Å². The lowest BCUT2D eigenvalue weighted by Crippen LogP contribution is -2.09. The molecule has 1 unspecified atom stereocenters. The largest absolute Gasteiger partial charge is 0.379 e. The van der Waals surface area contributed by atoms with E-state index in [0.717, 1.165) is 18.8 Å². The summed E-state index contributed by atoms with van der Waals surface area (Å²) in [4.78, 5) is 0.253. The SMILES string of the molecule is CC(C)COCCn1cc(C(C)Br)nn1. The number of hydrogen-bond donors (Lipinski definition) is 0. The highest BCUT2D eigenvalue weighted by atomic mass is 79.9. The van der Waals surface area contributed by atoms with Gasteiger partial charge in [0.15, 0.2) is 0 Å². The summed E-state index contributed by atoms with van der Waals surface area (Å²) in [5.74, 6) is 0.582. The summed E-state index contributed by atoms with van der Waals surface area (Å²) < 4.78 is 7.28. The first-order chi connectivity index (χ1) is 7.09. The van der Waals surface area contributed by atoms with E-state index in [4.69, 9.17) is 4.74 Å². The van der Waals surface area contributed by atoms with Gasteiger partial charge in [-0.25, -0.2) is 4.68 Å². The van der Waals surface area contributed by atoms with Crippen LogP contribution in [0, 0.1) is 5.92 Å². The van der Waals surface area contributed by atoms with Gasteiger partial charge in [-0.15, -0.1) is 5.10 Å². The van der Waals surface area contributed by atoms with E-state index in [9.17, 15) is 0 Å². The van der Waals surface area contributed by atoms with Gasteiger partial charge in [0.1, 0.15) is 0 Å². The molecule has 0 N–H and O–H groups in total. The topological polar surface area (TPSA) is 39.9 Å². The molecule has 0 fully saturated rings. The van der Waals surface area contributed by atoms with Crippen molar-refractivity contribution in [2.75, 3.05) is 13.2 Å². The molecule has 4 nitrogen and oxygen atoms in total. The third-order valence-electron chi connectivity index (χ3n) is 1.88. The molecule has 15 heavy (non-hydrogen) atoms. The Morgan fingerprint density at radius 2 is 2.20 bits per heavy atom.